The monoisotopic (exact) mass is 322 g/mol. The molecule has 2 heterocycles. The van der Waals surface area contributed by atoms with Crippen LogP contribution in [-0.4, -0.2) is 41.8 Å². The summed E-state index contributed by atoms with van der Waals surface area (Å²) in [4.78, 5) is 13.6. The van der Waals surface area contributed by atoms with Crippen molar-refractivity contribution in [2.75, 3.05) is 18.8 Å². The third-order valence-corrected chi connectivity index (χ3v) is 6.52. The summed E-state index contributed by atoms with van der Waals surface area (Å²) < 4.78 is 26.4. The lowest BCUT2D eigenvalue weighted by atomic mass is 10.3. The van der Waals surface area contributed by atoms with Crippen LogP contribution in [0.4, 0.5) is 0 Å². The number of thioether (sulfide) groups is 1. The quantitative estimate of drug-likeness (QED) is 0.916. The van der Waals surface area contributed by atoms with Crippen molar-refractivity contribution in [3.05, 3.63) is 27.6 Å². The zero-order valence-corrected chi connectivity index (χ0v) is 12.8. The van der Waals surface area contributed by atoms with Crippen molar-refractivity contribution >= 4 is 33.4 Å². The SMILES string of the molecule is CCC1CN(S(=O)(=O)c2c[nH]c(=O)c(Cl)c2)CCS1. The Labute approximate surface area is 121 Å². The first-order chi connectivity index (χ1) is 8.95. The average Bonchev–Trinajstić information content (AvgIpc) is 2.41. The van der Waals surface area contributed by atoms with Crippen LogP contribution in [0.25, 0.3) is 0 Å². The maximum Gasteiger partial charge on any atom is 0.266 e. The maximum atomic E-state index is 12.4. The third-order valence-electron chi connectivity index (χ3n) is 3.03. The van der Waals surface area contributed by atoms with Gasteiger partial charge in [-0.15, -0.1) is 0 Å². The molecule has 1 atom stereocenters. The van der Waals surface area contributed by atoms with Gasteiger partial charge in [0.25, 0.3) is 5.56 Å². The van der Waals surface area contributed by atoms with Gasteiger partial charge in [0.1, 0.15) is 5.02 Å². The largest absolute Gasteiger partial charge is 0.326 e. The number of aromatic amines is 1. The summed E-state index contributed by atoms with van der Waals surface area (Å²) in [6.45, 7) is 3.03. The number of nitrogens with one attached hydrogen (secondary N) is 1. The van der Waals surface area contributed by atoms with Crippen LogP contribution >= 0.6 is 23.4 Å². The molecule has 1 N–H and O–H groups in total. The van der Waals surface area contributed by atoms with Crippen LogP contribution in [0, 0.1) is 0 Å². The Bertz CT molecular complexity index is 615. The van der Waals surface area contributed by atoms with Gasteiger partial charge < -0.3 is 4.98 Å². The molecule has 106 valence electrons. The van der Waals surface area contributed by atoms with Gasteiger partial charge in [0, 0.05) is 30.3 Å². The molecule has 5 nitrogen and oxygen atoms in total. The minimum atomic E-state index is -3.58. The van der Waals surface area contributed by atoms with E-state index in [0.717, 1.165) is 12.2 Å². The third kappa shape index (κ3) is 3.16. The van der Waals surface area contributed by atoms with Gasteiger partial charge in [0.05, 0.1) is 4.90 Å². The first-order valence-corrected chi connectivity index (χ1v) is 8.82. The Morgan fingerprint density at radius 3 is 2.95 bits per heavy atom. The van der Waals surface area contributed by atoms with Gasteiger partial charge in [-0.25, -0.2) is 8.42 Å². The molecule has 8 heteroatoms. The number of sulfonamides is 1. The molecule has 19 heavy (non-hydrogen) atoms. The Morgan fingerprint density at radius 1 is 1.58 bits per heavy atom. The molecule has 1 saturated heterocycles. The summed E-state index contributed by atoms with van der Waals surface area (Å²) in [5.41, 5.74) is -0.485. The van der Waals surface area contributed by atoms with E-state index in [4.69, 9.17) is 11.6 Å². The molecule has 0 aliphatic carbocycles. The van der Waals surface area contributed by atoms with E-state index < -0.39 is 15.6 Å². The standard InChI is InChI=1S/C11H15ClN2O3S2/c1-2-8-7-14(3-4-18-8)19(16,17)9-5-10(12)11(15)13-6-9/h5-6,8H,2-4,7H2,1H3,(H,13,15). The van der Waals surface area contributed by atoms with E-state index in [2.05, 4.69) is 4.98 Å². The van der Waals surface area contributed by atoms with Crippen molar-refractivity contribution < 1.29 is 8.42 Å². The van der Waals surface area contributed by atoms with Crippen LogP contribution in [0.2, 0.25) is 5.02 Å². The zero-order valence-electron chi connectivity index (χ0n) is 10.4. The number of rotatable bonds is 3. The molecular weight excluding hydrogens is 308 g/mol. The molecule has 1 unspecified atom stereocenters. The van der Waals surface area contributed by atoms with Crippen LogP contribution in [0.1, 0.15) is 13.3 Å². The van der Waals surface area contributed by atoms with Crippen molar-refractivity contribution in [3.8, 4) is 0 Å². The first kappa shape index (κ1) is 14.9. The average molecular weight is 323 g/mol. The van der Waals surface area contributed by atoms with Gasteiger partial charge in [0.2, 0.25) is 10.0 Å². The molecule has 0 bridgehead atoms. The fourth-order valence-electron chi connectivity index (χ4n) is 1.89. The topological polar surface area (TPSA) is 70.2 Å². The highest BCUT2D eigenvalue weighted by Crippen LogP contribution is 2.26. The van der Waals surface area contributed by atoms with E-state index in [1.165, 1.54) is 16.6 Å². The summed E-state index contributed by atoms with van der Waals surface area (Å²) in [6, 6.07) is 1.21. The summed E-state index contributed by atoms with van der Waals surface area (Å²) in [7, 11) is -3.58. The molecule has 0 aromatic carbocycles. The van der Waals surface area contributed by atoms with Gasteiger partial charge in [-0.1, -0.05) is 18.5 Å². The fourth-order valence-corrected chi connectivity index (χ4v) is 5.00. The number of halogens is 1. The molecule has 1 fully saturated rings. The second kappa shape index (κ2) is 5.87. The van der Waals surface area contributed by atoms with Crippen molar-refractivity contribution in [1.82, 2.24) is 9.29 Å². The fraction of sp³-hybridized carbons (Fsp3) is 0.545. The normalized spacial score (nSPS) is 21.5. The molecule has 1 aromatic rings. The van der Waals surface area contributed by atoms with Crippen LogP contribution in [-0.2, 0) is 10.0 Å². The number of H-pyrrole nitrogens is 1. The highest BCUT2D eigenvalue weighted by Gasteiger charge is 2.30. The minimum Gasteiger partial charge on any atom is -0.326 e. The lowest BCUT2D eigenvalue weighted by Gasteiger charge is -2.30. The molecule has 2 rings (SSSR count). The van der Waals surface area contributed by atoms with Crippen molar-refractivity contribution in [3.63, 3.8) is 0 Å². The minimum absolute atomic E-state index is 0.0406. The first-order valence-electron chi connectivity index (χ1n) is 5.95. The van der Waals surface area contributed by atoms with Crippen molar-refractivity contribution in [1.29, 1.82) is 0 Å². The molecule has 0 radical (unpaired) electrons. The summed E-state index contributed by atoms with van der Waals surface area (Å²) in [6.07, 6.45) is 2.13. The molecular formula is C11H15ClN2O3S2. The predicted octanol–water partition coefficient (Wildman–Crippen LogP) is 1.54. The van der Waals surface area contributed by atoms with Gasteiger partial charge in [0.15, 0.2) is 0 Å². The Morgan fingerprint density at radius 2 is 2.32 bits per heavy atom. The van der Waals surface area contributed by atoms with E-state index in [9.17, 15) is 13.2 Å². The van der Waals surface area contributed by atoms with Crippen molar-refractivity contribution in [2.45, 2.75) is 23.5 Å². The molecule has 1 aliphatic rings. The Balaban J connectivity index is 2.31. The summed E-state index contributed by atoms with van der Waals surface area (Å²) in [5.74, 6) is 0.787. The number of pyridine rings is 1. The van der Waals surface area contributed by atoms with Crippen LogP contribution < -0.4 is 5.56 Å². The zero-order chi connectivity index (χ0) is 14.0. The molecule has 0 amide bonds. The second-order valence-corrected chi connectivity index (χ2v) is 8.03. The molecule has 0 saturated carbocycles. The number of aromatic nitrogens is 1. The van der Waals surface area contributed by atoms with E-state index in [1.807, 2.05) is 6.92 Å². The maximum absolute atomic E-state index is 12.4. The van der Waals surface area contributed by atoms with Gasteiger partial charge in [-0.2, -0.15) is 16.1 Å². The van der Waals surface area contributed by atoms with Gasteiger partial charge in [-0.3, -0.25) is 4.79 Å². The lowest BCUT2D eigenvalue weighted by Crippen LogP contribution is -2.41. The molecule has 1 aliphatic heterocycles. The van der Waals surface area contributed by atoms with E-state index >= 15 is 0 Å². The van der Waals surface area contributed by atoms with E-state index in [-0.39, 0.29) is 9.92 Å². The number of nitrogens with zero attached hydrogens (tertiary/aromatic N) is 1. The van der Waals surface area contributed by atoms with Gasteiger partial charge >= 0.3 is 0 Å². The van der Waals surface area contributed by atoms with Crippen LogP contribution in [0.3, 0.4) is 0 Å². The van der Waals surface area contributed by atoms with Crippen molar-refractivity contribution in [2.24, 2.45) is 0 Å². The van der Waals surface area contributed by atoms with Crippen LogP contribution in [0.5, 0.6) is 0 Å². The van der Waals surface area contributed by atoms with Gasteiger partial charge in [-0.05, 0) is 12.5 Å². The Hall–Kier alpha value is -0.500. The smallest absolute Gasteiger partial charge is 0.266 e. The predicted molar refractivity (Wildman–Crippen MR) is 77.4 cm³/mol. The summed E-state index contributed by atoms with van der Waals surface area (Å²) in [5, 5.41) is 0.209. The molecule has 1 aromatic heterocycles. The highest BCUT2D eigenvalue weighted by atomic mass is 35.5. The second-order valence-electron chi connectivity index (χ2n) is 4.28. The van der Waals surface area contributed by atoms with E-state index in [0.29, 0.717) is 18.3 Å². The summed E-state index contributed by atoms with van der Waals surface area (Å²) >= 11 is 7.48. The van der Waals surface area contributed by atoms with E-state index in [1.54, 1.807) is 11.8 Å². The lowest BCUT2D eigenvalue weighted by molar-refractivity contribution is 0.416. The number of hydrogen-bond donors (Lipinski definition) is 1. The number of hydrogen-bond acceptors (Lipinski definition) is 4. The Kier molecular flexibility index (Phi) is 4.60. The highest BCUT2D eigenvalue weighted by molar-refractivity contribution is 8.00. The van der Waals surface area contributed by atoms with Crippen LogP contribution in [0.15, 0.2) is 22.0 Å². The molecule has 0 spiro atoms.